The molecule has 1 heterocycles. The fraction of sp³-hybridized carbons (Fsp3) is 0.438. The summed E-state index contributed by atoms with van der Waals surface area (Å²) < 4.78 is 0. The Hall–Kier alpha value is -2.08. The molecule has 23 heavy (non-hydrogen) atoms. The molecule has 1 fully saturated rings. The van der Waals surface area contributed by atoms with Gasteiger partial charge in [0.05, 0.1) is 5.69 Å². The molecule has 1 aliphatic carbocycles. The first-order valence-electron chi connectivity index (χ1n) is 7.94. The van der Waals surface area contributed by atoms with Crippen molar-refractivity contribution in [3.63, 3.8) is 0 Å². The number of aromatic hydroxyl groups is 1. The Labute approximate surface area is 140 Å². The lowest BCUT2D eigenvalue weighted by Gasteiger charge is -2.16. The lowest BCUT2D eigenvalue weighted by Crippen LogP contribution is -2.20. The highest BCUT2D eigenvalue weighted by Gasteiger charge is 2.14. The number of benzene rings is 1. The van der Waals surface area contributed by atoms with Gasteiger partial charge in [-0.25, -0.2) is 0 Å². The van der Waals surface area contributed by atoms with E-state index in [1.807, 2.05) is 6.07 Å². The molecule has 3 rings (SSSR count). The average Bonchev–Trinajstić information content (AvgIpc) is 2.78. The van der Waals surface area contributed by atoms with Gasteiger partial charge in [-0.1, -0.05) is 37.8 Å². The maximum atomic E-state index is 9.82. The minimum absolute atomic E-state index is 0.119. The molecule has 2 aromatic rings. The maximum absolute atomic E-state index is 9.82. The molecule has 0 amide bonds. The van der Waals surface area contributed by atoms with Gasteiger partial charge in [0.15, 0.2) is 0 Å². The molecule has 0 aliphatic heterocycles. The van der Waals surface area contributed by atoms with Gasteiger partial charge in [0, 0.05) is 6.04 Å². The van der Waals surface area contributed by atoms with Gasteiger partial charge in [0.25, 0.3) is 0 Å². The number of aromatic nitrogens is 3. The third-order valence-corrected chi connectivity index (χ3v) is 4.12. The molecule has 0 unspecified atom stereocenters. The van der Waals surface area contributed by atoms with E-state index in [4.69, 9.17) is 11.6 Å². The zero-order chi connectivity index (χ0) is 16.1. The molecule has 0 saturated heterocycles. The van der Waals surface area contributed by atoms with Crippen molar-refractivity contribution in [2.45, 2.75) is 44.6 Å². The summed E-state index contributed by atoms with van der Waals surface area (Å²) in [6.45, 7) is 0. The van der Waals surface area contributed by atoms with Gasteiger partial charge in [-0.15, -0.1) is 0 Å². The number of rotatable bonds is 4. The van der Waals surface area contributed by atoms with Crippen molar-refractivity contribution in [1.29, 1.82) is 0 Å². The first kappa shape index (κ1) is 15.8. The van der Waals surface area contributed by atoms with Crippen LogP contribution < -0.4 is 10.6 Å². The maximum Gasteiger partial charge on any atom is 0.233 e. The Kier molecular flexibility index (Phi) is 5.12. The van der Waals surface area contributed by atoms with Gasteiger partial charge < -0.3 is 15.7 Å². The van der Waals surface area contributed by atoms with Gasteiger partial charge in [-0.05, 0) is 36.6 Å². The number of phenolic OH excluding ortho intramolecular Hbond substituents is 1. The summed E-state index contributed by atoms with van der Waals surface area (Å²) in [7, 11) is 0. The third kappa shape index (κ3) is 4.45. The van der Waals surface area contributed by atoms with Crippen LogP contribution in [0.1, 0.15) is 38.5 Å². The summed E-state index contributed by atoms with van der Waals surface area (Å²) >= 11 is 6.00. The Morgan fingerprint density at radius 1 is 0.957 bits per heavy atom. The van der Waals surface area contributed by atoms with E-state index in [-0.39, 0.29) is 11.0 Å². The second kappa shape index (κ2) is 7.46. The van der Waals surface area contributed by atoms with Gasteiger partial charge in [-0.3, -0.25) is 0 Å². The van der Waals surface area contributed by atoms with Crippen LogP contribution in [-0.4, -0.2) is 26.1 Å². The molecular formula is C16H20ClN5O. The standard InChI is InChI=1S/C16H20ClN5O/c17-14-20-15(18-11-7-3-1-2-4-8-11)22-16(21-14)19-12-9-5-6-10-13(12)23/h5-6,9-11,23H,1-4,7-8H2,(H2,18,19,20,21,22). The summed E-state index contributed by atoms with van der Waals surface area (Å²) in [6.07, 6.45) is 7.25. The van der Waals surface area contributed by atoms with E-state index in [0.717, 1.165) is 12.8 Å². The molecule has 0 atom stereocenters. The molecule has 1 aromatic heterocycles. The normalized spacial score (nSPS) is 15.9. The van der Waals surface area contributed by atoms with Crippen molar-refractivity contribution in [2.75, 3.05) is 10.6 Å². The molecule has 1 aromatic carbocycles. The van der Waals surface area contributed by atoms with Crippen molar-refractivity contribution < 1.29 is 5.11 Å². The molecule has 7 heteroatoms. The molecule has 1 aliphatic rings. The Balaban J connectivity index is 1.74. The number of hydrogen-bond acceptors (Lipinski definition) is 6. The SMILES string of the molecule is Oc1ccccc1Nc1nc(Cl)nc(NC2CCCCCC2)n1. The van der Waals surface area contributed by atoms with Gasteiger partial charge in [-0.2, -0.15) is 15.0 Å². The summed E-state index contributed by atoms with van der Waals surface area (Å²) in [5.74, 6) is 0.903. The highest BCUT2D eigenvalue weighted by atomic mass is 35.5. The van der Waals surface area contributed by atoms with Crippen LogP contribution in [0.2, 0.25) is 5.28 Å². The average molecular weight is 334 g/mol. The minimum atomic E-state index is 0.119. The van der Waals surface area contributed by atoms with Crippen molar-refractivity contribution >= 4 is 29.2 Å². The predicted octanol–water partition coefficient (Wildman–Crippen LogP) is 4.11. The fourth-order valence-electron chi connectivity index (χ4n) is 2.78. The number of para-hydroxylation sites is 2. The first-order valence-corrected chi connectivity index (χ1v) is 8.31. The summed E-state index contributed by atoms with van der Waals surface area (Å²) in [4.78, 5) is 12.6. The van der Waals surface area contributed by atoms with Crippen LogP contribution in [0, 0.1) is 0 Å². The van der Waals surface area contributed by atoms with Crippen molar-refractivity contribution in [3.8, 4) is 5.75 Å². The lowest BCUT2D eigenvalue weighted by atomic mass is 10.1. The third-order valence-electron chi connectivity index (χ3n) is 3.95. The van der Waals surface area contributed by atoms with E-state index >= 15 is 0 Å². The summed E-state index contributed by atoms with van der Waals surface area (Å²) in [6, 6.07) is 7.27. The Morgan fingerprint density at radius 2 is 1.65 bits per heavy atom. The monoisotopic (exact) mass is 333 g/mol. The molecule has 1 saturated carbocycles. The number of phenols is 1. The quantitative estimate of drug-likeness (QED) is 0.577. The van der Waals surface area contributed by atoms with E-state index in [9.17, 15) is 5.11 Å². The van der Waals surface area contributed by atoms with Crippen LogP contribution in [0.5, 0.6) is 5.75 Å². The number of nitrogens with one attached hydrogen (secondary N) is 2. The number of hydrogen-bond donors (Lipinski definition) is 3. The van der Waals surface area contributed by atoms with E-state index in [1.54, 1.807) is 18.2 Å². The predicted molar refractivity (Wildman–Crippen MR) is 91.3 cm³/mol. The van der Waals surface area contributed by atoms with E-state index in [2.05, 4.69) is 25.6 Å². The molecule has 3 N–H and O–H groups in total. The van der Waals surface area contributed by atoms with Crippen LogP contribution in [0.3, 0.4) is 0 Å². The lowest BCUT2D eigenvalue weighted by molar-refractivity contribution is 0.477. The Morgan fingerprint density at radius 3 is 2.39 bits per heavy atom. The minimum Gasteiger partial charge on any atom is -0.506 e. The van der Waals surface area contributed by atoms with Gasteiger partial charge in [0.2, 0.25) is 17.2 Å². The summed E-state index contributed by atoms with van der Waals surface area (Å²) in [5.41, 5.74) is 0.523. The van der Waals surface area contributed by atoms with Crippen LogP contribution >= 0.6 is 11.6 Å². The molecular weight excluding hydrogens is 314 g/mol. The van der Waals surface area contributed by atoms with Crippen molar-refractivity contribution in [1.82, 2.24) is 15.0 Å². The zero-order valence-electron chi connectivity index (χ0n) is 12.8. The highest BCUT2D eigenvalue weighted by molar-refractivity contribution is 6.28. The number of anilines is 3. The van der Waals surface area contributed by atoms with Crippen LogP contribution in [0.15, 0.2) is 24.3 Å². The van der Waals surface area contributed by atoms with E-state index in [0.29, 0.717) is 23.6 Å². The second-order valence-corrected chi connectivity index (χ2v) is 6.06. The highest BCUT2D eigenvalue weighted by Crippen LogP contribution is 2.25. The van der Waals surface area contributed by atoms with Crippen LogP contribution in [-0.2, 0) is 0 Å². The number of halogens is 1. The smallest absolute Gasteiger partial charge is 0.233 e. The van der Waals surface area contributed by atoms with Crippen LogP contribution in [0.25, 0.3) is 0 Å². The van der Waals surface area contributed by atoms with Gasteiger partial charge in [0.1, 0.15) is 5.75 Å². The molecule has 0 radical (unpaired) electrons. The Bertz CT molecular complexity index is 659. The van der Waals surface area contributed by atoms with E-state index < -0.39 is 0 Å². The van der Waals surface area contributed by atoms with Crippen LogP contribution in [0.4, 0.5) is 17.6 Å². The molecule has 0 spiro atoms. The van der Waals surface area contributed by atoms with Gasteiger partial charge >= 0.3 is 0 Å². The first-order chi connectivity index (χ1) is 11.2. The molecule has 0 bridgehead atoms. The second-order valence-electron chi connectivity index (χ2n) is 5.73. The molecule has 6 nitrogen and oxygen atoms in total. The zero-order valence-corrected chi connectivity index (χ0v) is 13.6. The number of nitrogens with zero attached hydrogens (tertiary/aromatic N) is 3. The molecule has 122 valence electrons. The van der Waals surface area contributed by atoms with E-state index in [1.165, 1.54) is 25.7 Å². The van der Waals surface area contributed by atoms with Crippen molar-refractivity contribution in [2.24, 2.45) is 0 Å². The summed E-state index contributed by atoms with van der Waals surface area (Å²) in [5, 5.41) is 16.3. The largest absolute Gasteiger partial charge is 0.506 e. The fourth-order valence-corrected chi connectivity index (χ4v) is 2.94. The van der Waals surface area contributed by atoms with Crippen molar-refractivity contribution in [3.05, 3.63) is 29.5 Å². The topological polar surface area (TPSA) is 83.0 Å².